The maximum atomic E-state index is 4.96. The summed E-state index contributed by atoms with van der Waals surface area (Å²) < 4.78 is 0. The first-order valence-electron chi connectivity index (χ1n) is 13.7. The molecular formula is C32H42N6. The molecule has 4 N–H and O–H groups in total. The number of aryl methyl sites for hydroxylation is 2. The van der Waals surface area contributed by atoms with Crippen LogP contribution in [0.5, 0.6) is 0 Å². The highest BCUT2D eigenvalue weighted by molar-refractivity contribution is 5.75. The highest BCUT2D eigenvalue weighted by atomic mass is 15.0. The number of fused-ring (bicyclic) bond motifs is 3. The van der Waals surface area contributed by atoms with Gasteiger partial charge in [-0.3, -0.25) is 0 Å². The van der Waals surface area contributed by atoms with Gasteiger partial charge in [0.1, 0.15) is 11.6 Å². The van der Waals surface area contributed by atoms with Gasteiger partial charge in [-0.05, 0) is 68.5 Å². The Morgan fingerprint density at radius 1 is 0.974 bits per heavy atom. The quantitative estimate of drug-likeness (QED) is 0.157. The zero-order chi connectivity index (χ0) is 27.5. The summed E-state index contributed by atoms with van der Waals surface area (Å²) in [6.07, 6.45) is 14.3. The number of nitrogens with one attached hydrogen (secondary N) is 4. The molecule has 0 aliphatic heterocycles. The number of hydrogen-bond acceptors (Lipinski definition) is 4. The Morgan fingerprint density at radius 2 is 1.68 bits per heavy atom. The van der Waals surface area contributed by atoms with Crippen LogP contribution in [0.2, 0.25) is 0 Å². The van der Waals surface area contributed by atoms with E-state index in [0.717, 1.165) is 67.4 Å². The van der Waals surface area contributed by atoms with Crippen LogP contribution in [-0.4, -0.2) is 33.5 Å². The van der Waals surface area contributed by atoms with Gasteiger partial charge in [-0.25, -0.2) is 9.97 Å². The summed E-state index contributed by atoms with van der Waals surface area (Å²) in [5, 5.41) is 6.68. The van der Waals surface area contributed by atoms with Crippen LogP contribution in [0.4, 0.5) is 0 Å². The first kappa shape index (κ1) is 28.9. The molecule has 0 unspecified atom stereocenters. The zero-order valence-corrected chi connectivity index (χ0v) is 23.5. The van der Waals surface area contributed by atoms with E-state index in [1.165, 1.54) is 27.9 Å². The molecule has 0 amide bonds. The lowest BCUT2D eigenvalue weighted by atomic mass is 9.95. The number of terminal acetylenes is 1. The second kappa shape index (κ2) is 14.3. The van der Waals surface area contributed by atoms with E-state index < -0.39 is 0 Å². The van der Waals surface area contributed by atoms with Crippen molar-refractivity contribution in [2.75, 3.05) is 13.6 Å². The van der Waals surface area contributed by atoms with Crippen LogP contribution in [0.1, 0.15) is 69.5 Å². The van der Waals surface area contributed by atoms with Gasteiger partial charge in [-0.15, -0.1) is 12.8 Å². The molecule has 2 aromatic carbocycles. The van der Waals surface area contributed by atoms with Gasteiger partial charge >= 0.3 is 0 Å². The number of aromatic amines is 2. The molecule has 0 bridgehead atoms. The van der Waals surface area contributed by atoms with Crippen molar-refractivity contribution in [2.45, 2.75) is 66.0 Å². The van der Waals surface area contributed by atoms with Crippen LogP contribution in [-0.2, 0) is 19.4 Å². The van der Waals surface area contributed by atoms with Gasteiger partial charge in [0, 0.05) is 11.3 Å². The number of benzene rings is 2. The van der Waals surface area contributed by atoms with Crippen molar-refractivity contribution in [3.63, 3.8) is 0 Å². The fourth-order valence-electron chi connectivity index (χ4n) is 4.67. The van der Waals surface area contributed by atoms with Crippen molar-refractivity contribution in [1.82, 2.24) is 30.6 Å². The Kier molecular flexibility index (Phi) is 10.9. The molecule has 0 saturated heterocycles. The molecular weight excluding hydrogens is 468 g/mol. The van der Waals surface area contributed by atoms with Gasteiger partial charge in [-0.2, -0.15) is 0 Å². The van der Waals surface area contributed by atoms with E-state index >= 15 is 0 Å². The number of aromatic nitrogens is 4. The molecule has 1 atom stereocenters. The van der Waals surface area contributed by atoms with Crippen molar-refractivity contribution >= 4 is 0 Å². The van der Waals surface area contributed by atoms with E-state index in [1.54, 1.807) is 0 Å². The van der Waals surface area contributed by atoms with E-state index in [4.69, 9.17) is 4.98 Å². The van der Waals surface area contributed by atoms with E-state index in [1.807, 2.05) is 27.1 Å². The van der Waals surface area contributed by atoms with Crippen molar-refractivity contribution < 1.29 is 0 Å². The smallest absolute Gasteiger partial charge is 0.123 e. The Labute approximate surface area is 228 Å². The third kappa shape index (κ3) is 6.61. The zero-order valence-electron chi connectivity index (χ0n) is 23.5. The SMILES string of the molecule is C#C.CC.CCCNCc1ncc(-c2ccc(-c3ccc4c(c3)CCCc3[nH]c([C@H](C)NC)nc3-4)cc2)[nH]1. The van der Waals surface area contributed by atoms with Crippen LogP contribution in [0, 0.1) is 12.8 Å². The summed E-state index contributed by atoms with van der Waals surface area (Å²) in [7, 11) is 1.97. The maximum Gasteiger partial charge on any atom is 0.123 e. The fourth-order valence-corrected chi connectivity index (χ4v) is 4.67. The molecule has 1 aliphatic rings. The molecule has 0 saturated carbocycles. The van der Waals surface area contributed by atoms with Crippen molar-refractivity contribution in [1.29, 1.82) is 0 Å². The van der Waals surface area contributed by atoms with Gasteiger partial charge in [0.2, 0.25) is 0 Å². The molecule has 5 rings (SSSR count). The molecule has 38 heavy (non-hydrogen) atoms. The molecule has 0 spiro atoms. The van der Waals surface area contributed by atoms with E-state index in [0.29, 0.717) is 0 Å². The minimum absolute atomic E-state index is 0.215. The second-order valence-corrected chi connectivity index (χ2v) is 9.18. The summed E-state index contributed by atoms with van der Waals surface area (Å²) in [5.41, 5.74) is 9.72. The first-order valence-corrected chi connectivity index (χ1v) is 13.7. The Bertz CT molecular complexity index is 1300. The lowest BCUT2D eigenvalue weighted by Crippen LogP contribution is -2.14. The van der Waals surface area contributed by atoms with Gasteiger partial charge < -0.3 is 20.6 Å². The number of H-pyrrole nitrogens is 2. The normalized spacial score (nSPS) is 12.6. The summed E-state index contributed by atoms with van der Waals surface area (Å²) in [6.45, 7) is 10.1. The monoisotopic (exact) mass is 510 g/mol. The minimum atomic E-state index is 0.215. The number of imidazole rings is 2. The van der Waals surface area contributed by atoms with Crippen LogP contribution < -0.4 is 10.6 Å². The molecule has 1 aliphatic carbocycles. The largest absolute Gasteiger partial charge is 0.344 e. The third-order valence-corrected chi connectivity index (χ3v) is 6.75. The molecule has 6 nitrogen and oxygen atoms in total. The lowest BCUT2D eigenvalue weighted by molar-refractivity contribution is 0.615. The predicted octanol–water partition coefficient (Wildman–Crippen LogP) is 6.68. The van der Waals surface area contributed by atoms with Gasteiger partial charge in [0.15, 0.2) is 0 Å². The summed E-state index contributed by atoms with van der Waals surface area (Å²) >= 11 is 0. The molecule has 200 valence electrons. The van der Waals surface area contributed by atoms with Crippen LogP contribution in [0.15, 0.2) is 48.7 Å². The Morgan fingerprint density at radius 3 is 2.39 bits per heavy atom. The van der Waals surface area contributed by atoms with E-state index in [9.17, 15) is 0 Å². The lowest BCUT2D eigenvalue weighted by Gasteiger charge is -2.10. The molecule has 4 aromatic rings. The molecule has 6 heteroatoms. The maximum absolute atomic E-state index is 4.96. The van der Waals surface area contributed by atoms with Crippen molar-refractivity contribution in [3.8, 4) is 46.5 Å². The summed E-state index contributed by atoms with van der Waals surface area (Å²) in [4.78, 5) is 16.5. The van der Waals surface area contributed by atoms with Crippen molar-refractivity contribution in [3.05, 3.63) is 71.6 Å². The van der Waals surface area contributed by atoms with Crippen LogP contribution >= 0.6 is 0 Å². The summed E-state index contributed by atoms with van der Waals surface area (Å²) in [6, 6.07) is 15.8. The van der Waals surface area contributed by atoms with E-state index in [2.05, 4.69) is 94.7 Å². The molecule has 2 heterocycles. The predicted molar refractivity (Wildman–Crippen MR) is 160 cm³/mol. The minimum Gasteiger partial charge on any atom is -0.344 e. The number of nitrogens with zero attached hydrogens (tertiary/aromatic N) is 2. The van der Waals surface area contributed by atoms with Gasteiger partial charge in [-0.1, -0.05) is 63.2 Å². The fraction of sp³-hybridized carbons (Fsp3) is 0.375. The molecule has 0 radical (unpaired) electrons. The first-order chi connectivity index (χ1) is 18.7. The standard InChI is InChI=1S/C28H34N6.C2H6.C2H2/c1-4-14-30-17-26-31-16-25(32-26)20-10-8-19(9-11-20)21-12-13-23-22(15-21)6-5-7-24-27(23)34-28(33-24)18(2)29-3;2*1-2/h8-13,15-16,18,29-30H,4-7,14,17H2,1-3H3,(H,31,32)(H,33,34);1-2H3;1-2H/t18-;;/m0../s1. The average Bonchev–Trinajstić information content (AvgIpc) is 3.59. The molecule has 2 aromatic heterocycles. The second-order valence-electron chi connectivity index (χ2n) is 9.18. The van der Waals surface area contributed by atoms with Crippen LogP contribution in [0.25, 0.3) is 33.6 Å². The topological polar surface area (TPSA) is 81.4 Å². The number of rotatable bonds is 8. The van der Waals surface area contributed by atoms with Crippen LogP contribution in [0.3, 0.4) is 0 Å². The van der Waals surface area contributed by atoms with E-state index in [-0.39, 0.29) is 6.04 Å². The van der Waals surface area contributed by atoms with Gasteiger partial charge in [0.05, 0.1) is 30.2 Å². The number of hydrogen-bond donors (Lipinski definition) is 4. The Hall–Kier alpha value is -3.66. The highest BCUT2D eigenvalue weighted by Crippen LogP contribution is 2.35. The van der Waals surface area contributed by atoms with Crippen molar-refractivity contribution in [2.24, 2.45) is 0 Å². The Balaban J connectivity index is 0.000000956. The van der Waals surface area contributed by atoms with Gasteiger partial charge in [0.25, 0.3) is 0 Å². The third-order valence-electron chi connectivity index (χ3n) is 6.75. The molecule has 0 fully saturated rings. The summed E-state index contributed by atoms with van der Waals surface area (Å²) in [5.74, 6) is 1.99. The highest BCUT2D eigenvalue weighted by Gasteiger charge is 2.21. The average molecular weight is 511 g/mol.